The van der Waals surface area contributed by atoms with E-state index in [-0.39, 0.29) is 0 Å². The molecule has 1 aromatic carbocycles. The highest BCUT2D eigenvalue weighted by Crippen LogP contribution is 2.28. The van der Waals surface area contributed by atoms with E-state index in [1.165, 1.54) is 7.11 Å². The van der Waals surface area contributed by atoms with Gasteiger partial charge in [0.15, 0.2) is 23.1 Å². The predicted octanol–water partition coefficient (Wildman–Crippen LogP) is 1.90. The monoisotopic (exact) mass is 311 g/mol. The molecule has 0 saturated heterocycles. The number of oxazole rings is 1. The van der Waals surface area contributed by atoms with E-state index in [0.717, 1.165) is 0 Å². The number of hydrogen-bond donors (Lipinski definition) is 0. The molecule has 7 nitrogen and oxygen atoms in total. The first kappa shape index (κ1) is 14.7. The van der Waals surface area contributed by atoms with E-state index in [1.807, 2.05) is 6.07 Å². The number of aromatic nitrogens is 2. The fraction of sp³-hybridized carbons (Fsp3) is 0.188. The van der Waals surface area contributed by atoms with Crippen molar-refractivity contribution in [3.8, 4) is 29.2 Å². The molecule has 116 valence electrons. The molecular weight excluding hydrogens is 298 g/mol. The van der Waals surface area contributed by atoms with Crippen LogP contribution in [0.4, 0.5) is 0 Å². The minimum Gasteiger partial charge on any atom is -0.493 e. The molecule has 0 bridgehead atoms. The molecule has 0 saturated carbocycles. The Hall–Kier alpha value is -3.27. The number of benzene rings is 1. The van der Waals surface area contributed by atoms with Gasteiger partial charge in [-0.25, -0.2) is 4.79 Å². The van der Waals surface area contributed by atoms with Crippen LogP contribution in [0.1, 0.15) is 5.56 Å². The lowest BCUT2D eigenvalue weighted by atomic mass is 10.2. The summed E-state index contributed by atoms with van der Waals surface area (Å²) in [6.45, 7) is 0.819. The van der Waals surface area contributed by atoms with Crippen molar-refractivity contribution in [3.05, 3.63) is 52.6 Å². The van der Waals surface area contributed by atoms with Gasteiger partial charge in [0.2, 0.25) is 0 Å². The molecule has 0 aliphatic carbocycles. The summed E-state index contributed by atoms with van der Waals surface area (Å²) >= 11 is 0. The van der Waals surface area contributed by atoms with Crippen molar-refractivity contribution in [2.75, 3.05) is 13.7 Å². The van der Waals surface area contributed by atoms with Crippen molar-refractivity contribution in [2.24, 2.45) is 0 Å². The average molecular weight is 311 g/mol. The van der Waals surface area contributed by atoms with Gasteiger partial charge in [0.1, 0.15) is 6.61 Å². The highest BCUT2D eigenvalue weighted by molar-refractivity contribution is 5.48. The van der Waals surface area contributed by atoms with Gasteiger partial charge in [-0.3, -0.25) is 0 Å². The Morgan fingerprint density at radius 1 is 1.35 bits per heavy atom. The molecule has 2 aliphatic heterocycles. The molecule has 0 unspecified atom stereocenters. The largest absolute Gasteiger partial charge is 0.493 e. The summed E-state index contributed by atoms with van der Waals surface area (Å²) in [6, 6.07) is 10.5. The van der Waals surface area contributed by atoms with E-state index in [0.29, 0.717) is 41.8 Å². The van der Waals surface area contributed by atoms with Crippen LogP contribution in [-0.4, -0.2) is 23.3 Å². The first-order valence-electron chi connectivity index (χ1n) is 6.88. The van der Waals surface area contributed by atoms with Crippen LogP contribution in [0.15, 0.2) is 45.7 Å². The standard InChI is InChI=1S/C16H13N3O4/c1-21-14-9-11(10-17)4-5-12(14)22-8-7-19-6-2-3-13-15(19)18-16(20)23-13/h2-6,9H,7-8H2,1H3. The van der Waals surface area contributed by atoms with Crippen LogP contribution in [0.5, 0.6) is 11.5 Å². The van der Waals surface area contributed by atoms with Gasteiger partial charge in [0, 0.05) is 12.3 Å². The van der Waals surface area contributed by atoms with Gasteiger partial charge >= 0.3 is 5.76 Å². The van der Waals surface area contributed by atoms with Crippen LogP contribution in [0.3, 0.4) is 0 Å². The third-order valence-corrected chi connectivity index (χ3v) is 3.28. The number of rotatable bonds is 5. The molecule has 2 aliphatic rings. The number of fused-ring (bicyclic) bond motifs is 1. The van der Waals surface area contributed by atoms with Crippen LogP contribution >= 0.6 is 0 Å². The van der Waals surface area contributed by atoms with E-state index in [4.69, 9.17) is 19.2 Å². The summed E-state index contributed by atoms with van der Waals surface area (Å²) in [5.74, 6) is 1.34. The fourth-order valence-electron chi connectivity index (χ4n) is 2.21. The van der Waals surface area contributed by atoms with Crippen LogP contribution in [0, 0.1) is 11.3 Å². The first-order valence-corrected chi connectivity index (χ1v) is 6.88. The molecule has 0 atom stereocenters. The number of methoxy groups -OCH3 is 1. The molecule has 0 N–H and O–H groups in total. The second-order valence-electron chi connectivity index (χ2n) is 4.70. The molecule has 0 amide bonds. The fourth-order valence-corrected chi connectivity index (χ4v) is 2.21. The van der Waals surface area contributed by atoms with Gasteiger partial charge in [-0.2, -0.15) is 10.2 Å². The van der Waals surface area contributed by atoms with E-state index < -0.39 is 5.76 Å². The highest BCUT2D eigenvalue weighted by atomic mass is 16.5. The van der Waals surface area contributed by atoms with Crippen LogP contribution in [0.2, 0.25) is 0 Å². The third-order valence-electron chi connectivity index (χ3n) is 3.28. The zero-order valence-electron chi connectivity index (χ0n) is 12.4. The lowest BCUT2D eigenvalue weighted by molar-refractivity contribution is 0.279. The van der Waals surface area contributed by atoms with Crippen LogP contribution in [0.25, 0.3) is 11.6 Å². The Labute approximate surface area is 131 Å². The van der Waals surface area contributed by atoms with Gasteiger partial charge in [-0.15, -0.1) is 0 Å². The molecule has 3 rings (SSSR count). The molecule has 23 heavy (non-hydrogen) atoms. The molecule has 0 fully saturated rings. The summed E-state index contributed by atoms with van der Waals surface area (Å²) in [5, 5.41) is 8.88. The number of ether oxygens (including phenoxy) is 2. The summed E-state index contributed by atoms with van der Waals surface area (Å²) < 4.78 is 17.6. The molecule has 0 spiro atoms. The molecular formula is C16H13N3O4. The number of hydrogen-bond acceptors (Lipinski definition) is 6. The second kappa shape index (κ2) is 6.23. The van der Waals surface area contributed by atoms with E-state index in [1.54, 1.807) is 41.1 Å². The smallest absolute Gasteiger partial charge is 0.441 e. The lowest BCUT2D eigenvalue weighted by Gasteiger charge is -2.13. The van der Waals surface area contributed by atoms with Gasteiger partial charge in [-0.05, 0) is 24.3 Å². The summed E-state index contributed by atoms with van der Waals surface area (Å²) in [7, 11) is 1.52. The second-order valence-corrected chi connectivity index (χ2v) is 4.70. The summed E-state index contributed by atoms with van der Waals surface area (Å²) in [4.78, 5) is 15.0. The lowest BCUT2D eigenvalue weighted by Crippen LogP contribution is -2.11. The third kappa shape index (κ3) is 3.01. The Morgan fingerprint density at radius 2 is 2.22 bits per heavy atom. The SMILES string of the molecule is COc1cc(C#N)ccc1OCCn1cccc2oc(=O)nc1-2. The van der Waals surface area contributed by atoms with Crippen molar-refractivity contribution in [2.45, 2.75) is 6.54 Å². The Morgan fingerprint density at radius 3 is 3.00 bits per heavy atom. The van der Waals surface area contributed by atoms with Crippen LogP contribution < -0.4 is 15.2 Å². The van der Waals surface area contributed by atoms with Crippen molar-refractivity contribution >= 4 is 0 Å². The predicted molar refractivity (Wildman–Crippen MR) is 80.6 cm³/mol. The first-order chi connectivity index (χ1) is 11.2. The minimum atomic E-state index is -0.616. The van der Waals surface area contributed by atoms with Crippen molar-refractivity contribution in [1.82, 2.24) is 9.55 Å². The Bertz CT molecular complexity index is 891. The quantitative estimate of drug-likeness (QED) is 0.715. The highest BCUT2D eigenvalue weighted by Gasteiger charge is 2.13. The van der Waals surface area contributed by atoms with Crippen molar-refractivity contribution in [1.29, 1.82) is 5.26 Å². The molecule has 0 radical (unpaired) electrons. The minimum absolute atomic E-state index is 0.340. The Balaban J connectivity index is 1.72. The maximum Gasteiger partial charge on any atom is 0.441 e. The van der Waals surface area contributed by atoms with Crippen LogP contribution in [-0.2, 0) is 6.54 Å². The number of pyridine rings is 1. The number of nitrogens with zero attached hydrogens (tertiary/aromatic N) is 3. The van der Waals surface area contributed by atoms with Gasteiger partial charge in [-0.1, -0.05) is 0 Å². The van der Waals surface area contributed by atoms with E-state index >= 15 is 0 Å². The van der Waals surface area contributed by atoms with Crippen molar-refractivity contribution in [3.63, 3.8) is 0 Å². The Kier molecular flexibility index (Phi) is 3.97. The molecule has 7 heteroatoms. The molecule has 1 aromatic rings. The average Bonchev–Trinajstić information content (AvgIpc) is 2.96. The summed E-state index contributed by atoms with van der Waals surface area (Å²) in [6.07, 6.45) is 1.80. The maximum absolute atomic E-state index is 11.2. The zero-order chi connectivity index (χ0) is 16.2. The van der Waals surface area contributed by atoms with E-state index in [9.17, 15) is 4.79 Å². The van der Waals surface area contributed by atoms with E-state index in [2.05, 4.69) is 4.98 Å². The molecule has 0 aromatic heterocycles. The maximum atomic E-state index is 11.2. The van der Waals surface area contributed by atoms with Crippen molar-refractivity contribution < 1.29 is 13.9 Å². The van der Waals surface area contributed by atoms with Gasteiger partial charge in [0.25, 0.3) is 0 Å². The zero-order valence-corrected chi connectivity index (χ0v) is 12.4. The molecule has 2 heterocycles. The normalized spacial score (nSPS) is 10.4. The van der Waals surface area contributed by atoms with Gasteiger partial charge in [0.05, 0.1) is 25.3 Å². The summed E-state index contributed by atoms with van der Waals surface area (Å²) in [5.41, 5.74) is 0.499. The van der Waals surface area contributed by atoms with Gasteiger partial charge < -0.3 is 18.5 Å². The topological polar surface area (TPSA) is 90.3 Å². The number of nitriles is 1.